The van der Waals surface area contributed by atoms with Gasteiger partial charge in [0, 0.05) is 17.5 Å². The second-order valence-electron chi connectivity index (χ2n) is 6.94. The van der Waals surface area contributed by atoms with Crippen LogP contribution in [-0.4, -0.2) is 24.5 Å². The summed E-state index contributed by atoms with van der Waals surface area (Å²) in [6.45, 7) is 9.57. The first-order valence-corrected chi connectivity index (χ1v) is 9.64. The van der Waals surface area contributed by atoms with E-state index in [1.807, 2.05) is 26.8 Å². The Morgan fingerprint density at radius 1 is 1.14 bits per heavy atom. The molecule has 2 rings (SSSR count). The summed E-state index contributed by atoms with van der Waals surface area (Å²) in [5, 5.41) is 0. The molecular weight excluding hydrogens is 360 g/mol. The molecule has 1 aromatic carbocycles. The molecule has 0 fully saturated rings. The highest BCUT2D eigenvalue weighted by molar-refractivity contribution is 5.98. The lowest BCUT2D eigenvalue weighted by molar-refractivity contribution is -0.116. The van der Waals surface area contributed by atoms with Crippen molar-refractivity contribution in [2.45, 2.75) is 66.9 Å². The lowest BCUT2D eigenvalue weighted by atomic mass is 9.89. The van der Waals surface area contributed by atoms with E-state index < -0.39 is 12.1 Å². The van der Waals surface area contributed by atoms with Crippen molar-refractivity contribution >= 4 is 17.9 Å². The molecule has 0 saturated heterocycles. The van der Waals surface area contributed by atoms with Crippen LogP contribution >= 0.6 is 0 Å². The van der Waals surface area contributed by atoms with E-state index in [9.17, 15) is 14.4 Å². The highest BCUT2D eigenvalue weighted by atomic mass is 16.7. The zero-order valence-electron chi connectivity index (χ0n) is 17.3. The summed E-state index contributed by atoms with van der Waals surface area (Å²) in [7, 11) is 0. The summed E-state index contributed by atoms with van der Waals surface area (Å²) in [6, 6.07) is 0. The molecule has 0 bridgehead atoms. The van der Waals surface area contributed by atoms with Crippen molar-refractivity contribution < 1.29 is 28.6 Å². The van der Waals surface area contributed by atoms with Crippen LogP contribution in [0.15, 0.2) is 11.6 Å². The fraction of sp³-hybridized carbons (Fsp3) is 0.500. The lowest BCUT2D eigenvalue weighted by Crippen LogP contribution is -2.16. The molecule has 152 valence electrons. The minimum atomic E-state index is -0.839. The van der Waals surface area contributed by atoms with Crippen LogP contribution in [-0.2, 0) is 33.7 Å². The molecule has 0 saturated carbocycles. The zero-order valence-corrected chi connectivity index (χ0v) is 17.3. The number of ether oxygens (including phenoxy) is 3. The molecule has 1 aliphatic rings. The first kappa shape index (κ1) is 21.7. The number of ketones is 1. The van der Waals surface area contributed by atoms with Crippen LogP contribution in [0.25, 0.3) is 0 Å². The fourth-order valence-corrected chi connectivity index (χ4v) is 3.42. The van der Waals surface area contributed by atoms with Gasteiger partial charge in [-0.25, -0.2) is 9.59 Å². The highest BCUT2D eigenvalue weighted by Crippen LogP contribution is 2.39. The monoisotopic (exact) mass is 388 g/mol. The Morgan fingerprint density at radius 2 is 1.86 bits per heavy atom. The normalized spacial score (nSPS) is 13.2. The van der Waals surface area contributed by atoms with Gasteiger partial charge in [-0.1, -0.05) is 18.6 Å². The number of carbonyl (C=O) groups excluding carboxylic acids is 3. The van der Waals surface area contributed by atoms with Crippen LogP contribution in [0.3, 0.4) is 0 Å². The number of hydrogen-bond donors (Lipinski definition) is 0. The Hall–Kier alpha value is -2.63. The minimum absolute atomic E-state index is 0.143. The molecule has 6 nitrogen and oxygen atoms in total. The average Bonchev–Trinajstić information content (AvgIpc) is 3.03. The number of esters is 1. The number of cyclic esters (lactones) is 1. The van der Waals surface area contributed by atoms with Gasteiger partial charge in [-0.3, -0.25) is 0 Å². The van der Waals surface area contributed by atoms with Gasteiger partial charge in [0.1, 0.15) is 18.0 Å². The molecule has 0 radical (unpaired) electrons. The van der Waals surface area contributed by atoms with Crippen molar-refractivity contribution in [3.63, 3.8) is 0 Å². The first-order chi connectivity index (χ1) is 13.3. The third-order valence-electron chi connectivity index (χ3n) is 4.95. The standard InChI is InChI=1S/C22H28O6/c1-6-16-15(5)18-12-27-21(24)19(18)20(28-22(25)26-7-2)17(16)11-9-13(3)8-10-14(4)23/h9H,6-8,10-12H2,1-5H3/b13-9+. The summed E-state index contributed by atoms with van der Waals surface area (Å²) in [5.74, 6) is -0.114. The first-order valence-electron chi connectivity index (χ1n) is 9.64. The van der Waals surface area contributed by atoms with Gasteiger partial charge in [0.15, 0.2) is 5.75 Å². The SMILES string of the molecule is CCOC(=O)Oc1c(C/C=C(\C)CCC(C)=O)c(CC)c(C)c2c1C(=O)OC2. The summed E-state index contributed by atoms with van der Waals surface area (Å²) < 4.78 is 15.6. The Morgan fingerprint density at radius 3 is 2.46 bits per heavy atom. The van der Waals surface area contributed by atoms with Gasteiger partial charge in [0.25, 0.3) is 0 Å². The van der Waals surface area contributed by atoms with E-state index in [-0.39, 0.29) is 24.7 Å². The van der Waals surface area contributed by atoms with Crippen molar-refractivity contribution in [2.24, 2.45) is 0 Å². The van der Waals surface area contributed by atoms with Crippen LogP contribution < -0.4 is 4.74 Å². The van der Waals surface area contributed by atoms with E-state index in [4.69, 9.17) is 14.2 Å². The predicted octanol–water partition coefficient (Wildman–Crippen LogP) is 4.62. The van der Waals surface area contributed by atoms with E-state index >= 15 is 0 Å². The topological polar surface area (TPSA) is 78.9 Å². The van der Waals surface area contributed by atoms with Crippen LogP contribution in [0.5, 0.6) is 5.75 Å². The van der Waals surface area contributed by atoms with E-state index in [0.717, 1.165) is 34.2 Å². The van der Waals surface area contributed by atoms with Gasteiger partial charge >= 0.3 is 12.1 Å². The number of benzene rings is 1. The molecule has 6 heteroatoms. The minimum Gasteiger partial charge on any atom is -0.457 e. The maximum absolute atomic E-state index is 12.3. The van der Waals surface area contributed by atoms with E-state index in [0.29, 0.717) is 24.8 Å². The molecule has 0 unspecified atom stereocenters. The molecule has 28 heavy (non-hydrogen) atoms. The third kappa shape index (κ3) is 4.80. The third-order valence-corrected chi connectivity index (χ3v) is 4.95. The number of hydrogen-bond acceptors (Lipinski definition) is 6. The van der Waals surface area contributed by atoms with Crippen LogP contribution in [0.1, 0.15) is 73.1 Å². The molecule has 0 N–H and O–H groups in total. The summed E-state index contributed by atoms with van der Waals surface area (Å²) >= 11 is 0. The Kier molecular flexibility index (Phi) is 7.38. The van der Waals surface area contributed by atoms with Gasteiger partial charge in [-0.15, -0.1) is 0 Å². The molecule has 1 aliphatic heterocycles. The number of allylic oxidation sites excluding steroid dienone is 2. The summed E-state index contributed by atoms with van der Waals surface area (Å²) in [4.78, 5) is 35.6. The van der Waals surface area contributed by atoms with Crippen LogP contribution in [0, 0.1) is 6.92 Å². The van der Waals surface area contributed by atoms with Gasteiger partial charge in [0.05, 0.1) is 6.61 Å². The van der Waals surface area contributed by atoms with Crippen molar-refractivity contribution in [2.75, 3.05) is 6.61 Å². The number of carbonyl (C=O) groups is 3. The smallest absolute Gasteiger partial charge is 0.457 e. The number of fused-ring (bicyclic) bond motifs is 1. The Labute approximate surface area is 165 Å². The van der Waals surface area contributed by atoms with Crippen molar-refractivity contribution in [1.82, 2.24) is 0 Å². The lowest BCUT2D eigenvalue weighted by Gasteiger charge is -2.19. The summed E-state index contributed by atoms with van der Waals surface area (Å²) in [5.41, 5.74) is 4.96. The highest BCUT2D eigenvalue weighted by Gasteiger charge is 2.33. The maximum Gasteiger partial charge on any atom is 0.513 e. The zero-order chi connectivity index (χ0) is 20.8. The van der Waals surface area contributed by atoms with Gasteiger partial charge < -0.3 is 19.0 Å². The Balaban J connectivity index is 2.51. The largest absolute Gasteiger partial charge is 0.513 e. The second kappa shape index (κ2) is 9.53. The number of Topliss-reactive ketones (excluding diaryl/α,β-unsaturated/α-hetero) is 1. The predicted molar refractivity (Wildman–Crippen MR) is 105 cm³/mol. The quantitative estimate of drug-likeness (QED) is 0.367. The Bertz CT molecular complexity index is 819. The maximum atomic E-state index is 12.3. The molecule has 1 aromatic rings. The molecule has 0 atom stereocenters. The van der Waals surface area contributed by atoms with Gasteiger partial charge in [-0.05, 0) is 58.1 Å². The fourth-order valence-electron chi connectivity index (χ4n) is 3.42. The van der Waals surface area contributed by atoms with Gasteiger partial charge in [0.2, 0.25) is 0 Å². The van der Waals surface area contributed by atoms with Crippen LogP contribution in [0.2, 0.25) is 0 Å². The van der Waals surface area contributed by atoms with Crippen molar-refractivity contribution in [3.05, 3.63) is 39.5 Å². The summed E-state index contributed by atoms with van der Waals surface area (Å²) in [6.07, 6.45) is 3.56. The molecule has 0 amide bonds. The molecular formula is C22H28O6. The van der Waals surface area contributed by atoms with E-state index in [2.05, 4.69) is 0 Å². The van der Waals surface area contributed by atoms with E-state index in [1.165, 1.54) is 0 Å². The van der Waals surface area contributed by atoms with Gasteiger partial charge in [-0.2, -0.15) is 0 Å². The molecule has 1 heterocycles. The number of rotatable bonds is 8. The van der Waals surface area contributed by atoms with Crippen molar-refractivity contribution in [3.8, 4) is 5.75 Å². The van der Waals surface area contributed by atoms with Crippen molar-refractivity contribution in [1.29, 1.82) is 0 Å². The molecule has 0 spiro atoms. The second-order valence-corrected chi connectivity index (χ2v) is 6.94. The van der Waals surface area contributed by atoms with Crippen LogP contribution in [0.4, 0.5) is 4.79 Å². The van der Waals surface area contributed by atoms with E-state index in [1.54, 1.807) is 13.8 Å². The molecule has 0 aromatic heterocycles. The molecule has 0 aliphatic carbocycles. The average molecular weight is 388 g/mol.